The SMILES string of the molecule is CO[C@H]1O[C@H]([C@@H](CC[C@H]2O[C@H](COC(C)=O)[C@@H](OC(C)=O)[C@H](OC(C)=O)[C@@H]2OC(C)=O)OC(C)=O)[C@H](O[C@H]2O[C@H](COC(C)=O)[C@@H](OC(C)=O)[C@H](OC(C)=O)[C@@H]2OC(C)=O)[C@@H]1OC(C)=O. The molecule has 0 bridgehead atoms. The highest BCUT2D eigenvalue weighted by molar-refractivity contribution is 5.70. The lowest BCUT2D eigenvalue weighted by molar-refractivity contribution is -0.324. The first-order valence-electron chi connectivity index (χ1n) is 20.2. The first-order valence-corrected chi connectivity index (χ1v) is 20.2. The summed E-state index contributed by atoms with van der Waals surface area (Å²) in [6.07, 6.45) is -23.6. The average molecular weight is 937 g/mol. The smallest absolute Gasteiger partial charge is 0.303 e. The van der Waals surface area contributed by atoms with Crippen LogP contribution in [0.3, 0.4) is 0 Å². The molecule has 0 aromatic heterocycles. The van der Waals surface area contributed by atoms with Crippen molar-refractivity contribution in [2.24, 2.45) is 0 Å². The van der Waals surface area contributed by atoms with Crippen LogP contribution in [0.5, 0.6) is 0 Å². The van der Waals surface area contributed by atoms with Gasteiger partial charge in [0.2, 0.25) is 0 Å². The summed E-state index contributed by atoms with van der Waals surface area (Å²) in [7, 11) is 1.19. The van der Waals surface area contributed by atoms with Crippen molar-refractivity contribution in [3.8, 4) is 0 Å². The Morgan fingerprint density at radius 3 is 1.17 bits per heavy atom. The molecule has 25 nitrogen and oxygen atoms in total. The molecular weight excluding hydrogens is 880 g/mol. The minimum absolute atomic E-state index is 0.265. The molecule has 0 spiro atoms. The molecular formula is C40H56O25. The van der Waals surface area contributed by atoms with E-state index in [2.05, 4.69) is 0 Å². The lowest BCUT2D eigenvalue weighted by Gasteiger charge is -2.45. The van der Waals surface area contributed by atoms with Gasteiger partial charge in [-0.25, -0.2) is 0 Å². The molecule has 3 saturated heterocycles. The molecule has 3 aliphatic heterocycles. The molecule has 15 atom stereocenters. The van der Waals surface area contributed by atoms with Crippen LogP contribution in [-0.4, -0.2) is 172 Å². The van der Waals surface area contributed by atoms with Gasteiger partial charge in [-0.05, 0) is 12.8 Å². The summed E-state index contributed by atoms with van der Waals surface area (Å²) in [5.74, 6) is -8.69. The molecule has 65 heavy (non-hydrogen) atoms. The molecule has 0 amide bonds. The number of hydrogen-bond donors (Lipinski definition) is 0. The van der Waals surface area contributed by atoms with Gasteiger partial charge < -0.3 is 71.1 Å². The van der Waals surface area contributed by atoms with E-state index in [1.54, 1.807) is 0 Å². The van der Waals surface area contributed by atoms with E-state index in [1.165, 1.54) is 7.11 Å². The van der Waals surface area contributed by atoms with Crippen molar-refractivity contribution in [2.75, 3.05) is 20.3 Å². The van der Waals surface area contributed by atoms with Crippen LogP contribution in [0.15, 0.2) is 0 Å². The Kier molecular flexibility index (Phi) is 20.5. The highest BCUT2D eigenvalue weighted by Gasteiger charge is 2.59. The molecule has 3 heterocycles. The van der Waals surface area contributed by atoms with Crippen molar-refractivity contribution >= 4 is 59.7 Å². The number of carbonyl (C=O) groups excluding carboxylic acids is 10. The Balaban J connectivity index is 2.18. The van der Waals surface area contributed by atoms with Crippen LogP contribution in [0.4, 0.5) is 0 Å². The fourth-order valence-electron chi connectivity index (χ4n) is 7.44. The standard InChI is InChI=1S/C40H56O25/c1-16(41)52-14-28-32(56-20(5)45)34(58-22(7)47)30(55-19(4)44)27(62-28)13-12-26(54-18(3)43)31-36(37(60-24(9)49)39(51-11)64-31)65-40-38(61-25(10)50)35(59-23(8)48)33(57-21(6)46)29(63-40)15-53-17(2)42/h26-40H,12-15H2,1-11H3/t26-,27-,28-,29-,30-,31-,32-,33-,34-,35+,36+,37+,38+,39+,40-/m1/s1. The van der Waals surface area contributed by atoms with Crippen LogP contribution in [0.1, 0.15) is 82.1 Å². The molecule has 0 radical (unpaired) electrons. The number of hydrogen-bond acceptors (Lipinski definition) is 25. The van der Waals surface area contributed by atoms with E-state index in [4.69, 9.17) is 71.1 Å². The van der Waals surface area contributed by atoms with Gasteiger partial charge >= 0.3 is 59.7 Å². The third-order valence-electron chi connectivity index (χ3n) is 9.49. The number of ether oxygens (including phenoxy) is 15. The molecule has 0 aromatic carbocycles. The van der Waals surface area contributed by atoms with Crippen molar-refractivity contribution in [2.45, 2.75) is 174 Å². The Morgan fingerprint density at radius 2 is 0.769 bits per heavy atom. The van der Waals surface area contributed by atoms with Crippen LogP contribution in [0.25, 0.3) is 0 Å². The Morgan fingerprint density at radius 1 is 0.400 bits per heavy atom. The second-order valence-electron chi connectivity index (χ2n) is 14.9. The summed E-state index contributed by atoms with van der Waals surface area (Å²) in [5, 5.41) is 0. The lowest BCUT2D eigenvalue weighted by atomic mass is 9.90. The zero-order valence-electron chi connectivity index (χ0n) is 37.7. The third kappa shape index (κ3) is 16.2. The van der Waals surface area contributed by atoms with E-state index in [1.807, 2.05) is 0 Å². The molecule has 3 rings (SSSR count). The predicted octanol–water partition coefficient (Wildman–Crippen LogP) is -0.405. The molecule has 0 aromatic rings. The van der Waals surface area contributed by atoms with Gasteiger partial charge in [-0.1, -0.05) is 0 Å². The highest BCUT2D eigenvalue weighted by atomic mass is 16.8. The minimum Gasteiger partial charge on any atom is -0.463 e. The maximum atomic E-state index is 12.8. The van der Waals surface area contributed by atoms with Gasteiger partial charge in [0.25, 0.3) is 0 Å². The Hall–Kier alpha value is -5.50. The van der Waals surface area contributed by atoms with Crippen LogP contribution < -0.4 is 0 Å². The Bertz CT molecular complexity index is 1750. The zero-order chi connectivity index (χ0) is 48.9. The first kappa shape index (κ1) is 53.8. The van der Waals surface area contributed by atoms with Gasteiger partial charge in [-0.2, -0.15) is 0 Å². The summed E-state index contributed by atoms with van der Waals surface area (Å²) in [6.45, 7) is 9.35. The van der Waals surface area contributed by atoms with E-state index < -0.39 is 165 Å². The summed E-state index contributed by atoms with van der Waals surface area (Å²) in [5.41, 5.74) is 0. The van der Waals surface area contributed by atoms with E-state index in [-0.39, 0.29) is 12.8 Å². The van der Waals surface area contributed by atoms with Crippen molar-refractivity contribution < 1.29 is 119 Å². The monoisotopic (exact) mass is 936 g/mol. The van der Waals surface area contributed by atoms with Gasteiger partial charge in [-0.3, -0.25) is 47.9 Å². The van der Waals surface area contributed by atoms with Crippen LogP contribution in [0.2, 0.25) is 0 Å². The van der Waals surface area contributed by atoms with E-state index in [0.717, 1.165) is 69.2 Å². The minimum atomic E-state index is -1.86. The number of methoxy groups -OCH3 is 1. The number of rotatable bonds is 19. The Labute approximate surface area is 372 Å². The third-order valence-corrected chi connectivity index (χ3v) is 9.49. The second kappa shape index (κ2) is 24.7. The van der Waals surface area contributed by atoms with Gasteiger partial charge in [-0.15, -0.1) is 0 Å². The van der Waals surface area contributed by atoms with E-state index in [9.17, 15) is 47.9 Å². The van der Waals surface area contributed by atoms with E-state index >= 15 is 0 Å². The molecule has 0 aliphatic carbocycles. The molecule has 3 fully saturated rings. The maximum Gasteiger partial charge on any atom is 0.303 e. The number of esters is 10. The molecule has 366 valence electrons. The first-order chi connectivity index (χ1) is 30.4. The lowest BCUT2D eigenvalue weighted by Crippen LogP contribution is -2.64. The normalized spacial score (nSPS) is 31.1. The van der Waals surface area contributed by atoms with Crippen molar-refractivity contribution in [1.29, 1.82) is 0 Å². The van der Waals surface area contributed by atoms with Gasteiger partial charge in [0.1, 0.15) is 43.7 Å². The van der Waals surface area contributed by atoms with Crippen LogP contribution >= 0.6 is 0 Å². The van der Waals surface area contributed by atoms with E-state index in [0.29, 0.717) is 0 Å². The van der Waals surface area contributed by atoms with Gasteiger partial charge in [0.15, 0.2) is 55.3 Å². The maximum absolute atomic E-state index is 12.8. The highest BCUT2D eigenvalue weighted by Crippen LogP contribution is 2.38. The van der Waals surface area contributed by atoms with Crippen molar-refractivity contribution in [3.05, 3.63) is 0 Å². The largest absolute Gasteiger partial charge is 0.463 e. The van der Waals surface area contributed by atoms with Crippen LogP contribution in [-0.2, 0) is 119 Å². The molecule has 0 N–H and O–H groups in total. The topological polar surface area (TPSA) is 309 Å². The average Bonchev–Trinajstić information content (AvgIpc) is 3.50. The molecule has 0 saturated carbocycles. The second-order valence-corrected chi connectivity index (χ2v) is 14.9. The van der Waals surface area contributed by atoms with Crippen molar-refractivity contribution in [1.82, 2.24) is 0 Å². The number of carbonyl (C=O) groups is 10. The molecule has 3 aliphatic rings. The zero-order valence-corrected chi connectivity index (χ0v) is 37.7. The summed E-state index contributed by atoms with van der Waals surface area (Å²) in [4.78, 5) is 124. The summed E-state index contributed by atoms with van der Waals surface area (Å²) in [6, 6.07) is 0. The van der Waals surface area contributed by atoms with Crippen molar-refractivity contribution in [3.63, 3.8) is 0 Å². The predicted molar refractivity (Wildman–Crippen MR) is 205 cm³/mol. The fourth-order valence-corrected chi connectivity index (χ4v) is 7.44. The van der Waals surface area contributed by atoms with Gasteiger partial charge in [0.05, 0.1) is 6.10 Å². The van der Waals surface area contributed by atoms with Crippen LogP contribution in [0, 0.1) is 0 Å². The van der Waals surface area contributed by atoms with Gasteiger partial charge in [0, 0.05) is 76.3 Å². The molecule has 0 unspecified atom stereocenters. The quantitative estimate of drug-likeness (QED) is 0.117. The fraction of sp³-hybridized carbons (Fsp3) is 0.750. The summed E-state index contributed by atoms with van der Waals surface area (Å²) < 4.78 is 85.2. The summed E-state index contributed by atoms with van der Waals surface area (Å²) >= 11 is 0. The molecule has 25 heteroatoms.